The van der Waals surface area contributed by atoms with Crippen molar-refractivity contribution in [2.75, 3.05) is 13.6 Å². The summed E-state index contributed by atoms with van der Waals surface area (Å²) in [6.45, 7) is 13.2. The highest BCUT2D eigenvalue weighted by atomic mass is 16.6. The fourth-order valence-corrected chi connectivity index (χ4v) is 9.07. The molecule has 1 aromatic carbocycles. The number of ether oxygens (including phenoxy) is 1. The number of hydrogen-bond donors (Lipinski definition) is 3. The van der Waals surface area contributed by atoms with Crippen LogP contribution in [0, 0.1) is 34.5 Å². The van der Waals surface area contributed by atoms with E-state index in [0.717, 1.165) is 4.90 Å². The molecule has 6 rings (SSSR count). The third-order valence-corrected chi connectivity index (χ3v) is 11.6. The van der Waals surface area contributed by atoms with Crippen LogP contribution in [0.15, 0.2) is 72.0 Å². The third kappa shape index (κ3) is 3.85. The number of fused-ring (bicyclic) bond motifs is 4. The molecule has 0 radical (unpaired) electrons. The monoisotopic (exact) mass is 602 g/mol. The van der Waals surface area contributed by atoms with Crippen LogP contribution in [0.25, 0.3) is 0 Å². The molecule has 4 aliphatic carbocycles. The second-order valence-electron chi connectivity index (χ2n) is 14.0. The van der Waals surface area contributed by atoms with Gasteiger partial charge in [-0.05, 0) is 72.8 Å². The molecular formula is C35H42N2O7. The van der Waals surface area contributed by atoms with E-state index in [9.17, 15) is 29.7 Å². The Morgan fingerprint density at radius 3 is 2.39 bits per heavy atom. The molecule has 0 saturated heterocycles. The lowest BCUT2D eigenvalue weighted by Gasteiger charge is -2.52. The molecule has 1 aliphatic heterocycles. The maximum Gasteiger partial charge on any atom is 0.414 e. The highest BCUT2D eigenvalue weighted by molar-refractivity contribution is 6.21. The molecule has 9 atom stereocenters. The smallest absolute Gasteiger partial charge is 0.414 e. The molecule has 2 bridgehead atoms. The van der Waals surface area contributed by atoms with Crippen LogP contribution in [0.3, 0.4) is 0 Å². The van der Waals surface area contributed by atoms with Crippen molar-refractivity contribution in [1.82, 2.24) is 9.80 Å². The number of aliphatic hydroxyl groups is 3. The van der Waals surface area contributed by atoms with Crippen molar-refractivity contribution in [2.24, 2.45) is 34.5 Å². The van der Waals surface area contributed by atoms with E-state index in [2.05, 4.69) is 20.4 Å². The summed E-state index contributed by atoms with van der Waals surface area (Å²) in [7, 11) is 1.54. The highest BCUT2D eigenvalue weighted by Crippen LogP contribution is 2.72. The molecule has 2 saturated carbocycles. The van der Waals surface area contributed by atoms with E-state index in [-0.39, 0.29) is 46.4 Å². The minimum atomic E-state index is -2.19. The summed E-state index contributed by atoms with van der Waals surface area (Å²) in [6, 6.07) is 6.56. The van der Waals surface area contributed by atoms with Crippen molar-refractivity contribution in [3.63, 3.8) is 0 Å². The van der Waals surface area contributed by atoms with Crippen molar-refractivity contribution >= 4 is 17.9 Å². The van der Waals surface area contributed by atoms with E-state index in [1.807, 2.05) is 6.92 Å². The summed E-state index contributed by atoms with van der Waals surface area (Å²) in [5, 5.41) is 37.7. The average molecular weight is 603 g/mol. The summed E-state index contributed by atoms with van der Waals surface area (Å²) in [4.78, 5) is 42.6. The second-order valence-corrected chi connectivity index (χ2v) is 14.0. The minimum Gasteiger partial charge on any atom is -0.438 e. The predicted octanol–water partition coefficient (Wildman–Crippen LogP) is 4.08. The lowest BCUT2D eigenvalue weighted by Crippen LogP contribution is -2.67. The van der Waals surface area contributed by atoms with Gasteiger partial charge in [0.1, 0.15) is 11.7 Å². The number of benzene rings is 1. The first-order valence-electron chi connectivity index (χ1n) is 15.3. The van der Waals surface area contributed by atoms with Crippen molar-refractivity contribution in [3.8, 4) is 0 Å². The highest BCUT2D eigenvalue weighted by Gasteiger charge is 2.76. The van der Waals surface area contributed by atoms with E-state index in [0.29, 0.717) is 17.7 Å². The molecule has 1 unspecified atom stereocenters. The van der Waals surface area contributed by atoms with Gasteiger partial charge in [-0.1, -0.05) is 57.7 Å². The molecular weight excluding hydrogens is 560 g/mol. The van der Waals surface area contributed by atoms with E-state index >= 15 is 0 Å². The average Bonchev–Trinajstić information content (AvgIpc) is 3.37. The normalized spacial score (nSPS) is 38.4. The molecule has 9 nitrogen and oxygen atoms in total. The number of carbonyl (C=O) groups is 3. The van der Waals surface area contributed by atoms with Gasteiger partial charge in [-0.25, -0.2) is 4.79 Å². The van der Waals surface area contributed by atoms with Crippen molar-refractivity contribution in [3.05, 3.63) is 83.1 Å². The zero-order valence-electron chi connectivity index (χ0n) is 26.2. The molecule has 2 fully saturated rings. The van der Waals surface area contributed by atoms with Gasteiger partial charge in [-0.2, -0.15) is 0 Å². The Morgan fingerprint density at radius 2 is 1.80 bits per heavy atom. The number of nitrogens with zero attached hydrogens (tertiary/aromatic N) is 2. The SMILES string of the molecule is C=C/C=C(\C)N(C)C(=O)O[C@H]1C(C)=C[C@]23C(O)[C@@H](C=C(CN4C(=O)c5ccccc5C4=O)[C@@H](O)[C@]12O)[C@H]1[C@@H](C[C@H]3C)C1(C)C. The Balaban J connectivity index is 1.46. The van der Waals surface area contributed by atoms with Gasteiger partial charge in [0.25, 0.3) is 11.8 Å². The zero-order chi connectivity index (χ0) is 32.1. The Labute approximate surface area is 258 Å². The van der Waals surface area contributed by atoms with Gasteiger partial charge in [0.2, 0.25) is 0 Å². The van der Waals surface area contributed by atoms with Gasteiger partial charge in [0.05, 0.1) is 29.2 Å². The zero-order valence-corrected chi connectivity index (χ0v) is 26.2. The lowest BCUT2D eigenvalue weighted by molar-refractivity contribution is -0.215. The number of aliphatic hydroxyl groups excluding tert-OH is 2. The maximum absolute atomic E-state index is 13.4. The van der Waals surface area contributed by atoms with Crippen LogP contribution in [-0.2, 0) is 4.74 Å². The Morgan fingerprint density at radius 1 is 1.18 bits per heavy atom. The Bertz CT molecular complexity index is 1520. The number of amides is 3. The summed E-state index contributed by atoms with van der Waals surface area (Å²) in [6.07, 6.45) is 2.62. The second kappa shape index (κ2) is 9.99. The van der Waals surface area contributed by atoms with Crippen molar-refractivity contribution in [1.29, 1.82) is 0 Å². The summed E-state index contributed by atoms with van der Waals surface area (Å²) in [5.41, 5.74) is -1.79. The largest absolute Gasteiger partial charge is 0.438 e. The predicted molar refractivity (Wildman–Crippen MR) is 163 cm³/mol. The van der Waals surface area contributed by atoms with Gasteiger partial charge in [-0.3, -0.25) is 19.4 Å². The van der Waals surface area contributed by atoms with Crippen molar-refractivity contribution < 1.29 is 34.4 Å². The van der Waals surface area contributed by atoms with E-state index < -0.39 is 53.2 Å². The van der Waals surface area contributed by atoms with Crippen LogP contribution in [-0.4, -0.2) is 80.5 Å². The summed E-state index contributed by atoms with van der Waals surface area (Å²) < 4.78 is 6.01. The first-order valence-corrected chi connectivity index (χ1v) is 15.3. The standard InChI is InChI=1S/C35H42N2O7/c1-8-11-20(4)36(7)32(42)44-29-18(2)16-34-19(3)14-25-26(33(25,5)6)24(28(34)39)15-21(27(38)35(29,34)43)17-37-30(40)22-12-9-10-13-23(22)31(37)41/h8-13,15-16,19,24-29,38-39,43H,1,14,17H2,2-7H3/b20-11+/t19-,24+,25-,26+,27-,28?,29+,34+,35+/m1/s1. The van der Waals surface area contributed by atoms with Gasteiger partial charge in [0.15, 0.2) is 6.10 Å². The molecule has 44 heavy (non-hydrogen) atoms. The van der Waals surface area contributed by atoms with E-state index in [1.54, 1.807) is 62.4 Å². The summed E-state index contributed by atoms with van der Waals surface area (Å²) >= 11 is 0. The number of allylic oxidation sites excluding steroid dienone is 3. The van der Waals surface area contributed by atoms with Crippen LogP contribution >= 0.6 is 0 Å². The van der Waals surface area contributed by atoms with Crippen LogP contribution in [0.2, 0.25) is 0 Å². The van der Waals surface area contributed by atoms with E-state index in [4.69, 9.17) is 4.74 Å². The Kier molecular flexibility index (Phi) is 6.92. The van der Waals surface area contributed by atoms with Gasteiger partial charge < -0.3 is 20.1 Å². The fourth-order valence-electron chi connectivity index (χ4n) is 9.07. The molecule has 3 N–H and O–H groups in total. The molecule has 0 aromatic heterocycles. The first kappa shape index (κ1) is 30.5. The number of hydrogen-bond acceptors (Lipinski definition) is 7. The van der Waals surface area contributed by atoms with E-state index in [1.165, 1.54) is 11.9 Å². The quantitative estimate of drug-likeness (QED) is 0.263. The Hall–Kier alpha value is -3.53. The maximum atomic E-state index is 13.4. The van der Waals surface area contributed by atoms with Gasteiger partial charge in [0, 0.05) is 18.7 Å². The van der Waals surface area contributed by atoms with Crippen LogP contribution in [0.5, 0.6) is 0 Å². The fraction of sp³-hybridized carbons (Fsp3) is 0.514. The molecule has 3 amide bonds. The van der Waals surface area contributed by atoms with Crippen LogP contribution in [0.4, 0.5) is 4.79 Å². The minimum absolute atomic E-state index is 0.0548. The first-order chi connectivity index (χ1) is 20.6. The molecule has 1 spiro atoms. The van der Waals surface area contributed by atoms with Gasteiger partial charge in [-0.15, -0.1) is 0 Å². The number of rotatable bonds is 5. The lowest BCUT2D eigenvalue weighted by atomic mass is 9.58. The van der Waals surface area contributed by atoms with Crippen LogP contribution < -0.4 is 0 Å². The summed E-state index contributed by atoms with van der Waals surface area (Å²) in [5.74, 6) is -1.45. The topological polar surface area (TPSA) is 128 Å². The molecule has 9 heteroatoms. The van der Waals surface area contributed by atoms with Gasteiger partial charge >= 0.3 is 6.09 Å². The van der Waals surface area contributed by atoms with Crippen LogP contribution in [0.1, 0.15) is 61.8 Å². The molecule has 234 valence electrons. The number of carbonyl (C=O) groups excluding carboxylic acids is 3. The number of imide groups is 1. The molecule has 1 heterocycles. The third-order valence-electron chi connectivity index (χ3n) is 11.6. The van der Waals surface area contributed by atoms with Crippen molar-refractivity contribution in [2.45, 2.75) is 65.0 Å². The molecule has 1 aromatic rings. The molecule has 5 aliphatic rings.